The molecule has 3 aromatic rings. The van der Waals surface area contributed by atoms with Crippen LogP contribution in [-0.2, 0) is 11.0 Å². The summed E-state index contributed by atoms with van der Waals surface area (Å²) in [6.07, 6.45) is -3.40. The Labute approximate surface area is 164 Å². The summed E-state index contributed by atoms with van der Waals surface area (Å²) in [5, 5.41) is 2.47. The standard InChI is InChI=1S/C17H10BrClF3N3O2/c18-9-4-5-13-10(6-9)16(24-8-23-13)27-7-14(26)25-15-11(17(20,21)22)2-1-3-12(15)19/h1-6,8H,7H2,(H,25,26). The van der Waals surface area contributed by atoms with Gasteiger partial charge in [0, 0.05) is 4.47 Å². The molecule has 0 fully saturated rings. The Bertz CT molecular complexity index is 1010. The van der Waals surface area contributed by atoms with E-state index in [4.69, 9.17) is 16.3 Å². The van der Waals surface area contributed by atoms with Crippen LogP contribution < -0.4 is 10.1 Å². The summed E-state index contributed by atoms with van der Waals surface area (Å²) in [6.45, 7) is -0.554. The molecular formula is C17H10BrClF3N3O2. The van der Waals surface area contributed by atoms with Crippen LogP contribution in [-0.4, -0.2) is 22.5 Å². The molecule has 0 spiro atoms. The number of rotatable bonds is 4. The molecule has 0 unspecified atom stereocenters. The number of carbonyl (C=O) groups excluding carboxylic acids is 1. The number of halogens is 5. The molecule has 27 heavy (non-hydrogen) atoms. The monoisotopic (exact) mass is 459 g/mol. The van der Waals surface area contributed by atoms with Gasteiger partial charge in [-0.25, -0.2) is 9.97 Å². The molecule has 140 valence electrons. The van der Waals surface area contributed by atoms with Crippen molar-refractivity contribution in [2.75, 3.05) is 11.9 Å². The minimum Gasteiger partial charge on any atom is -0.467 e. The van der Waals surface area contributed by atoms with Crippen molar-refractivity contribution >= 4 is 50.0 Å². The van der Waals surface area contributed by atoms with Gasteiger partial charge in [0.05, 0.1) is 27.2 Å². The summed E-state index contributed by atoms with van der Waals surface area (Å²) in [4.78, 5) is 20.1. The summed E-state index contributed by atoms with van der Waals surface area (Å²) < 4.78 is 45.4. The fourth-order valence-electron chi connectivity index (χ4n) is 2.32. The lowest BCUT2D eigenvalue weighted by Gasteiger charge is -2.15. The van der Waals surface area contributed by atoms with E-state index in [0.29, 0.717) is 10.9 Å². The van der Waals surface area contributed by atoms with Crippen LogP contribution in [0.4, 0.5) is 18.9 Å². The zero-order valence-electron chi connectivity index (χ0n) is 13.3. The second kappa shape index (κ2) is 7.69. The number of carbonyl (C=O) groups is 1. The van der Waals surface area contributed by atoms with Crippen LogP contribution in [0.15, 0.2) is 47.2 Å². The van der Waals surface area contributed by atoms with E-state index in [1.165, 1.54) is 12.4 Å². The van der Waals surface area contributed by atoms with Crippen molar-refractivity contribution in [3.8, 4) is 5.88 Å². The number of nitrogens with zero attached hydrogens (tertiary/aromatic N) is 2. The number of hydrogen-bond donors (Lipinski definition) is 1. The maximum Gasteiger partial charge on any atom is 0.418 e. The molecule has 0 aliphatic rings. The Morgan fingerprint density at radius 2 is 2.00 bits per heavy atom. The maximum atomic E-state index is 13.1. The molecule has 0 radical (unpaired) electrons. The summed E-state index contributed by atoms with van der Waals surface area (Å²) >= 11 is 9.12. The maximum absolute atomic E-state index is 13.1. The Balaban J connectivity index is 1.78. The number of aromatic nitrogens is 2. The van der Waals surface area contributed by atoms with Crippen LogP contribution in [0, 0.1) is 0 Å². The fraction of sp³-hybridized carbons (Fsp3) is 0.118. The highest BCUT2D eigenvalue weighted by Gasteiger charge is 2.34. The van der Waals surface area contributed by atoms with Crippen molar-refractivity contribution < 1.29 is 22.7 Å². The number of amides is 1. The van der Waals surface area contributed by atoms with Crippen LogP contribution in [0.2, 0.25) is 5.02 Å². The lowest BCUT2D eigenvalue weighted by atomic mass is 10.1. The number of ether oxygens (including phenoxy) is 1. The third-order valence-electron chi connectivity index (χ3n) is 3.48. The van der Waals surface area contributed by atoms with Crippen molar-refractivity contribution in [3.63, 3.8) is 0 Å². The molecular weight excluding hydrogens is 451 g/mol. The first-order valence-corrected chi connectivity index (χ1v) is 8.61. The van der Waals surface area contributed by atoms with Gasteiger partial charge in [-0.05, 0) is 30.3 Å². The van der Waals surface area contributed by atoms with Crippen LogP contribution in [0.3, 0.4) is 0 Å². The quantitative estimate of drug-likeness (QED) is 0.590. The molecule has 0 aliphatic carbocycles. The van der Waals surface area contributed by atoms with Crippen LogP contribution in [0.25, 0.3) is 10.9 Å². The molecule has 1 N–H and O–H groups in total. The van der Waals surface area contributed by atoms with Gasteiger partial charge in [-0.15, -0.1) is 0 Å². The average molecular weight is 461 g/mol. The number of benzene rings is 2. The summed E-state index contributed by atoms with van der Waals surface area (Å²) in [5.74, 6) is -0.679. The largest absolute Gasteiger partial charge is 0.467 e. The van der Waals surface area contributed by atoms with Gasteiger partial charge in [-0.3, -0.25) is 4.79 Å². The van der Waals surface area contributed by atoms with Gasteiger partial charge in [0.2, 0.25) is 5.88 Å². The first-order valence-electron chi connectivity index (χ1n) is 7.44. The second-order valence-electron chi connectivity index (χ2n) is 5.34. The van der Waals surface area contributed by atoms with Crippen molar-refractivity contribution in [2.45, 2.75) is 6.18 Å². The number of alkyl halides is 3. The van der Waals surface area contributed by atoms with E-state index >= 15 is 0 Å². The Morgan fingerprint density at radius 1 is 1.22 bits per heavy atom. The Hall–Kier alpha value is -2.39. The zero-order valence-corrected chi connectivity index (χ0v) is 15.7. The molecule has 1 heterocycles. The van der Waals surface area contributed by atoms with Crippen LogP contribution in [0.1, 0.15) is 5.56 Å². The molecule has 0 atom stereocenters. The molecule has 5 nitrogen and oxygen atoms in total. The number of para-hydroxylation sites is 1. The first-order chi connectivity index (χ1) is 12.8. The predicted molar refractivity (Wildman–Crippen MR) is 97.8 cm³/mol. The van der Waals surface area contributed by atoms with Crippen molar-refractivity contribution in [1.29, 1.82) is 0 Å². The SMILES string of the molecule is O=C(COc1ncnc2ccc(Br)cc12)Nc1c(Cl)cccc1C(F)(F)F. The predicted octanol–water partition coefficient (Wildman–Crippen LogP) is 5.08. The number of nitrogens with one attached hydrogen (secondary N) is 1. The number of anilines is 1. The first kappa shape index (κ1) is 19.4. The van der Waals surface area contributed by atoms with E-state index < -0.39 is 29.9 Å². The smallest absolute Gasteiger partial charge is 0.418 e. The van der Waals surface area contributed by atoms with Gasteiger partial charge in [0.15, 0.2) is 6.61 Å². The molecule has 2 aromatic carbocycles. The van der Waals surface area contributed by atoms with Gasteiger partial charge in [-0.2, -0.15) is 13.2 Å². The van der Waals surface area contributed by atoms with E-state index in [2.05, 4.69) is 31.2 Å². The number of hydrogen-bond acceptors (Lipinski definition) is 4. The van der Waals surface area contributed by atoms with Gasteiger partial charge in [0.25, 0.3) is 5.91 Å². The summed E-state index contributed by atoms with van der Waals surface area (Å²) in [5.41, 5.74) is -0.968. The molecule has 1 amide bonds. The average Bonchev–Trinajstić information content (AvgIpc) is 2.60. The minimum atomic E-state index is -4.66. The lowest BCUT2D eigenvalue weighted by molar-refractivity contribution is -0.137. The van der Waals surface area contributed by atoms with Crippen molar-refractivity contribution in [1.82, 2.24) is 9.97 Å². The highest BCUT2D eigenvalue weighted by molar-refractivity contribution is 9.10. The zero-order chi connectivity index (χ0) is 19.6. The lowest BCUT2D eigenvalue weighted by Crippen LogP contribution is -2.23. The van der Waals surface area contributed by atoms with E-state index in [9.17, 15) is 18.0 Å². The normalized spacial score (nSPS) is 11.4. The van der Waals surface area contributed by atoms with E-state index in [-0.39, 0.29) is 10.9 Å². The highest BCUT2D eigenvalue weighted by Crippen LogP contribution is 2.38. The number of fused-ring (bicyclic) bond motifs is 1. The molecule has 0 saturated carbocycles. The molecule has 3 rings (SSSR count). The van der Waals surface area contributed by atoms with Crippen LogP contribution >= 0.6 is 27.5 Å². The molecule has 0 bridgehead atoms. The van der Waals surface area contributed by atoms with Crippen molar-refractivity contribution in [3.05, 3.63) is 57.8 Å². The van der Waals surface area contributed by atoms with Crippen LogP contribution in [0.5, 0.6) is 5.88 Å². The van der Waals surface area contributed by atoms with Gasteiger partial charge in [0.1, 0.15) is 6.33 Å². The molecule has 0 saturated heterocycles. The van der Waals surface area contributed by atoms with Gasteiger partial charge >= 0.3 is 6.18 Å². The topological polar surface area (TPSA) is 64.1 Å². The molecule has 1 aromatic heterocycles. The Morgan fingerprint density at radius 3 is 2.74 bits per heavy atom. The third kappa shape index (κ3) is 4.48. The molecule has 0 aliphatic heterocycles. The third-order valence-corrected chi connectivity index (χ3v) is 4.29. The fourth-order valence-corrected chi connectivity index (χ4v) is 2.90. The van der Waals surface area contributed by atoms with Crippen molar-refractivity contribution in [2.24, 2.45) is 0 Å². The minimum absolute atomic E-state index is 0.131. The molecule has 10 heteroatoms. The summed E-state index contributed by atoms with van der Waals surface area (Å²) in [6, 6.07) is 8.45. The van der Waals surface area contributed by atoms with E-state index in [1.807, 2.05) is 0 Å². The van der Waals surface area contributed by atoms with E-state index in [0.717, 1.165) is 16.6 Å². The highest BCUT2D eigenvalue weighted by atomic mass is 79.9. The Kier molecular flexibility index (Phi) is 5.52. The second-order valence-corrected chi connectivity index (χ2v) is 6.66. The van der Waals surface area contributed by atoms with Gasteiger partial charge < -0.3 is 10.1 Å². The summed E-state index contributed by atoms with van der Waals surface area (Å²) in [7, 11) is 0. The van der Waals surface area contributed by atoms with Gasteiger partial charge in [-0.1, -0.05) is 33.6 Å². The van der Waals surface area contributed by atoms with E-state index in [1.54, 1.807) is 18.2 Å².